The zero-order valence-electron chi connectivity index (χ0n) is 11.1. The van der Waals surface area contributed by atoms with E-state index in [0.717, 1.165) is 0 Å². The van der Waals surface area contributed by atoms with E-state index < -0.39 is 5.97 Å². The van der Waals surface area contributed by atoms with E-state index >= 15 is 0 Å². The Kier molecular flexibility index (Phi) is 7.21. The molecule has 5 heteroatoms. The molecule has 5 nitrogen and oxygen atoms in total. The van der Waals surface area contributed by atoms with Crippen molar-refractivity contribution in [2.45, 2.75) is 26.8 Å². The van der Waals surface area contributed by atoms with Gasteiger partial charge in [-0.05, 0) is 20.8 Å². The largest absolute Gasteiger partial charge is 0.463 e. The van der Waals surface area contributed by atoms with Crippen LogP contribution in [-0.2, 0) is 14.3 Å². The second-order valence-corrected chi connectivity index (χ2v) is 3.78. The molecule has 0 aliphatic carbocycles. The number of hydrogen-bond acceptors (Lipinski definition) is 4. The van der Waals surface area contributed by atoms with Crippen LogP contribution in [0.2, 0.25) is 0 Å². The molecule has 0 rings (SSSR count). The minimum absolute atomic E-state index is 0.0100. The molecule has 0 spiro atoms. The summed E-state index contributed by atoms with van der Waals surface area (Å²) in [5.74, 6) is -0.437. The maximum Gasteiger partial charge on any atom is 0.334 e. The number of rotatable bonds is 7. The minimum Gasteiger partial charge on any atom is -0.463 e. The van der Waals surface area contributed by atoms with Gasteiger partial charge in [-0.3, -0.25) is 4.79 Å². The molecule has 1 atom stereocenters. The number of carbonyl (C=O) groups is 2. The molecule has 0 radical (unpaired) electrons. The van der Waals surface area contributed by atoms with Crippen LogP contribution in [-0.4, -0.2) is 49.6 Å². The van der Waals surface area contributed by atoms with Crippen molar-refractivity contribution in [2.75, 3.05) is 26.7 Å². The third-order valence-electron chi connectivity index (χ3n) is 2.41. The molecule has 17 heavy (non-hydrogen) atoms. The number of likely N-dealkylation sites (N-methyl/N-ethyl adjacent to an activating group) is 1. The van der Waals surface area contributed by atoms with E-state index in [1.54, 1.807) is 25.8 Å². The van der Waals surface area contributed by atoms with E-state index in [9.17, 15) is 9.59 Å². The molecule has 0 heterocycles. The van der Waals surface area contributed by atoms with Crippen LogP contribution in [0.5, 0.6) is 0 Å². The predicted molar refractivity (Wildman–Crippen MR) is 66.5 cm³/mol. The number of nitrogens with one attached hydrogen (secondary N) is 1. The summed E-state index contributed by atoms with van der Waals surface area (Å²) in [6.07, 6.45) is 0. The van der Waals surface area contributed by atoms with Crippen LogP contribution in [0.15, 0.2) is 12.2 Å². The van der Waals surface area contributed by atoms with Gasteiger partial charge in [0.15, 0.2) is 0 Å². The molecule has 1 amide bonds. The summed E-state index contributed by atoms with van der Waals surface area (Å²) < 4.78 is 4.79. The zero-order valence-corrected chi connectivity index (χ0v) is 11.1. The van der Waals surface area contributed by atoms with Crippen molar-refractivity contribution >= 4 is 11.9 Å². The average molecular weight is 242 g/mol. The summed E-state index contributed by atoms with van der Waals surface area (Å²) in [5.41, 5.74) is 0.325. The van der Waals surface area contributed by atoms with Crippen LogP contribution in [0.1, 0.15) is 20.8 Å². The van der Waals surface area contributed by atoms with Gasteiger partial charge in [0.05, 0.1) is 12.6 Å². The van der Waals surface area contributed by atoms with Crippen molar-refractivity contribution in [3.05, 3.63) is 12.2 Å². The first-order chi connectivity index (χ1) is 7.93. The molecule has 0 aliphatic heterocycles. The average Bonchev–Trinajstić information content (AvgIpc) is 2.33. The molecule has 0 bridgehead atoms. The predicted octanol–water partition coefficient (Wildman–Crippen LogP) is 0.562. The smallest absolute Gasteiger partial charge is 0.334 e. The van der Waals surface area contributed by atoms with Gasteiger partial charge in [0, 0.05) is 25.7 Å². The topological polar surface area (TPSA) is 58.6 Å². The fourth-order valence-corrected chi connectivity index (χ4v) is 1.16. The van der Waals surface area contributed by atoms with Crippen LogP contribution in [0, 0.1) is 0 Å². The van der Waals surface area contributed by atoms with E-state index in [4.69, 9.17) is 4.74 Å². The zero-order chi connectivity index (χ0) is 13.4. The molecule has 0 aliphatic rings. The molecular formula is C12H22N2O3. The summed E-state index contributed by atoms with van der Waals surface area (Å²) in [4.78, 5) is 24.6. The lowest BCUT2D eigenvalue weighted by molar-refractivity contribution is -0.138. The van der Waals surface area contributed by atoms with Crippen molar-refractivity contribution in [2.24, 2.45) is 0 Å². The minimum atomic E-state index is -0.427. The molecule has 0 aromatic heterocycles. The highest BCUT2D eigenvalue weighted by atomic mass is 16.5. The van der Waals surface area contributed by atoms with E-state index in [-0.39, 0.29) is 18.5 Å². The Labute approximate surface area is 103 Å². The van der Waals surface area contributed by atoms with E-state index in [1.807, 2.05) is 6.92 Å². The highest BCUT2D eigenvalue weighted by Gasteiger charge is 2.17. The van der Waals surface area contributed by atoms with Gasteiger partial charge in [0.25, 0.3) is 0 Å². The maximum absolute atomic E-state index is 11.7. The first-order valence-electron chi connectivity index (χ1n) is 5.77. The third-order valence-corrected chi connectivity index (χ3v) is 2.41. The normalized spacial score (nSPS) is 11.8. The van der Waals surface area contributed by atoms with Gasteiger partial charge in [0.1, 0.15) is 0 Å². The van der Waals surface area contributed by atoms with Crippen LogP contribution in [0.3, 0.4) is 0 Å². The second-order valence-electron chi connectivity index (χ2n) is 3.78. The first-order valence-corrected chi connectivity index (χ1v) is 5.77. The molecule has 0 aromatic rings. The van der Waals surface area contributed by atoms with Gasteiger partial charge in [-0.1, -0.05) is 6.58 Å². The molecular weight excluding hydrogens is 220 g/mol. The van der Waals surface area contributed by atoms with Crippen LogP contribution >= 0.6 is 0 Å². The second kappa shape index (κ2) is 7.84. The maximum atomic E-state index is 11.7. The van der Waals surface area contributed by atoms with Crippen LogP contribution < -0.4 is 5.32 Å². The highest BCUT2D eigenvalue weighted by Crippen LogP contribution is 1.96. The lowest BCUT2D eigenvalue weighted by atomic mass is 10.2. The Bertz CT molecular complexity index is 289. The number of hydrogen-bond donors (Lipinski definition) is 1. The molecule has 98 valence electrons. The van der Waals surface area contributed by atoms with Gasteiger partial charge in [0.2, 0.25) is 5.91 Å². The number of esters is 1. The van der Waals surface area contributed by atoms with E-state index in [1.165, 1.54) is 0 Å². The molecule has 1 N–H and O–H groups in total. The Hall–Kier alpha value is -1.36. The fourth-order valence-electron chi connectivity index (χ4n) is 1.16. The van der Waals surface area contributed by atoms with Gasteiger partial charge in [-0.2, -0.15) is 0 Å². The quantitative estimate of drug-likeness (QED) is 0.523. The Morgan fingerprint density at radius 3 is 2.47 bits per heavy atom. The van der Waals surface area contributed by atoms with Crippen molar-refractivity contribution in [1.29, 1.82) is 0 Å². The summed E-state index contributed by atoms with van der Waals surface area (Å²) in [6, 6.07) is -0.342. The van der Waals surface area contributed by atoms with Crippen LogP contribution in [0.25, 0.3) is 0 Å². The fraction of sp³-hybridized carbons (Fsp3) is 0.667. The van der Waals surface area contributed by atoms with Gasteiger partial charge >= 0.3 is 5.97 Å². The summed E-state index contributed by atoms with van der Waals surface area (Å²) in [7, 11) is 1.74. The van der Waals surface area contributed by atoms with Gasteiger partial charge in [-0.25, -0.2) is 4.79 Å². The van der Waals surface area contributed by atoms with Crippen molar-refractivity contribution in [3.8, 4) is 0 Å². The molecule has 0 fully saturated rings. The monoisotopic (exact) mass is 242 g/mol. The number of amides is 1. The lowest BCUT2D eigenvalue weighted by Crippen LogP contribution is -2.44. The van der Waals surface area contributed by atoms with Crippen molar-refractivity contribution in [3.63, 3.8) is 0 Å². The van der Waals surface area contributed by atoms with Gasteiger partial charge in [-0.15, -0.1) is 0 Å². The van der Waals surface area contributed by atoms with Crippen molar-refractivity contribution < 1.29 is 14.3 Å². The highest BCUT2D eigenvalue weighted by molar-refractivity contribution is 5.88. The first kappa shape index (κ1) is 15.6. The Morgan fingerprint density at radius 1 is 1.41 bits per heavy atom. The van der Waals surface area contributed by atoms with Crippen LogP contribution in [0.4, 0.5) is 0 Å². The standard InChI is InChI=1S/C12H22N2O3/c1-6-14(5)11(15)10(4)13-8-9(3)12(16)17-7-2/h10,13H,3,6-8H2,1-2,4-5H3. The van der Waals surface area contributed by atoms with Crippen molar-refractivity contribution in [1.82, 2.24) is 10.2 Å². The molecule has 0 aromatic carbocycles. The van der Waals surface area contributed by atoms with Gasteiger partial charge < -0.3 is 15.0 Å². The third kappa shape index (κ3) is 5.49. The number of ether oxygens (including phenoxy) is 1. The number of nitrogens with zero attached hydrogens (tertiary/aromatic N) is 1. The number of carbonyl (C=O) groups excluding carboxylic acids is 2. The Morgan fingerprint density at radius 2 is 2.00 bits per heavy atom. The SMILES string of the molecule is C=C(CNC(C)C(=O)N(C)CC)C(=O)OCC. The lowest BCUT2D eigenvalue weighted by Gasteiger charge is -2.20. The summed E-state index contributed by atoms with van der Waals surface area (Å²) >= 11 is 0. The summed E-state index contributed by atoms with van der Waals surface area (Å²) in [5, 5.41) is 2.95. The molecule has 1 unspecified atom stereocenters. The van der Waals surface area contributed by atoms with E-state index in [2.05, 4.69) is 11.9 Å². The molecule has 0 saturated carbocycles. The molecule has 0 saturated heterocycles. The summed E-state index contributed by atoms with van der Waals surface area (Å²) in [6.45, 7) is 10.2. The van der Waals surface area contributed by atoms with E-state index in [0.29, 0.717) is 18.7 Å². The Balaban J connectivity index is 4.07.